The smallest absolute Gasteiger partial charge is 0.219 e. The van der Waals surface area contributed by atoms with Gasteiger partial charge in [-0.05, 0) is 39.6 Å². The summed E-state index contributed by atoms with van der Waals surface area (Å²) in [6.45, 7) is 4.39. The molecule has 0 aliphatic rings. The van der Waals surface area contributed by atoms with Gasteiger partial charge in [-0.3, -0.25) is 14.7 Å². The number of pyridine rings is 1. The SMILES string of the molecule is Cc1cncc(N(C=O)c2nc(C)ncc2CN(C)C)c1. The van der Waals surface area contributed by atoms with Crippen molar-refractivity contribution in [3.63, 3.8) is 0 Å². The lowest BCUT2D eigenvalue weighted by molar-refractivity contribution is -0.106. The predicted octanol–water partition coefficient (Wildman–Crippen LogP) is 1.84. The number of aromatic nitrogens is 3. The van der Waals surface area contributed by atoms with E-state index in [4.69, 9.17) is 0 Å². The number of carbonyl (C=O) groups excluding carboxylic acids is 1. The number of carbonyl (C=O) groups is 1. The van der Waals surface area contributed by atoms with Crippen molar-refractivity contribution in [3.8, 4) is 0 Å². The Kier molecular flexibility index (Phi) is 4.59. The number of nitrogens with zero attached hydrogens (tertiary/aromatic N) is 5. The Hall–Kier alpha value is -2.34. The van der Waals surface area contributed by atoms with Crippen LogP contribution in [0.1, 0.15) is 17.0 Å². The third-order valence-corrected chi connectivity index (χ3v) is 2.92. The lowest BCUT2D eigenvalue weighted by atomic mass is 10.2. The van der Waals surface area contributed by atoms with E-state index >= 15 is 0 Å². The van der Waals surface area contributed by atoms with E-state index in [0.29, 0.717) is 23.9 Å². The summed E-state index contributed by atoms with van der Waals surface area (Å²) in [5, 5.41) is 0. The number of hydrogen-bond donors (Lipinski definition) is 0. The van der Waals surface area contributed by atoms with Crippen LogP contribution >= 0.6 is 0 Å². The minimum absolute atomic E-state index is 0.596. The molecule has 0 saturated heterocycles. The van der Waals surface area contributed by atoms with E-state index in [2.05, 4.69) is 15.0 Å². The number of aryl methyl sites for hydroxylation is 2. The van der Waals surface area contributed by atoms with E-state index in [1.807, 2.05) is 32.0 Å². The summed E-state index contributed by atoms with van der Waals surface area (Å²) in [7, 11) is 3.92. The molecule has 0 unspecified atom stereocenters. The van der Waals surface area contributed by atoms with Crippen LogP contribution in [0.15, 0.2) is 24.7 Å². The standard InChI is InChI=1S/C15H19N5O/c1-11-5-14(8-16-6-11)20(10-21)15-13(9-19(3)4)7-17-12(2)18-15/h5-8,10H,9H2,1-4H3. The van der Waals surface area contributed by atoms with Crippen molar-refractivity contribution < 1.29 is 4.79 Å². The molecule has 0 bridgehead atoms. The van der Waals surface area contributed by atoms with E-state index in [1.54, 1.807) is 25.5 Å². The third-order valence-electron chi connectivity index (χ3n) is 2.92. The summed E-state index contributed by atoms with van der Waals surface area (Å²) in [6.07, 6.45) is 5.92. The quantitative estimate of drug-likeness (QED) is 0.784. The van der Waals surface area contributed by atoms with Crippen molar-refractivity contribution in [2.24, 2.45) is 0 Å². The molecule has 0 aliphatic carbocycles. The van der Waals surface area contributed by atoms with Gasteiger partial charge in [0.1, 0.15) is 11.6 Å². The summed E-state index contributed by atoms with van der Waals surface area (Å²) in [6, 6.07) is 1.90. The molecule has 1 amide bonds. The summed E-state index contributed by atoms with van der Waals surface area (Å²) in [5.74, 6) is 1.22. The van der Waals surface area contributed by atoms with E-state index in [0.717, 1.165) is 17.5 Å². The minimum Gasteiger partial charge on any atom is -0.305 e. The van der Waals surface area contributed by atoms with E-state index < -0.39 is 0 Å². The van der Waals surface area contributed by atoms with Gasteiger partial charge in [-0.15, -0.1) is 0 Å². The van der Waals surface area contributed by atoms with Crippen LogP contribution in [0.4, 0.5) is 11.5 Å². The normalized spacial score (nSPS) is 10.7. The van der Waals surface area contributed by atoms with Gasteiger partial charge in [0.15, 0.2) is 0 Å². The Balaban J connectivity index is 2.50. The largest absolute Gasteiger partial charge is 0.305 e. The van der Waals surface area contributed by atoms with Crippen LogP contribution in [0.5, 0.6) is 0 Å². The summed E-state index contributed by atoms with van der Waals surface area (Å²) in [5.41, 5.74) is 2.57. The maximum atomic E-state index is 11.6. The molecule has 2 aromatic rings. The van der Waals surface area contributed by atoms with Gasteiger partial charge in [0.25, 0.3) is 0 Å². The third kappa shape index (κ3) is 3.61. The molecular formula is C15H19N5O. The number of amides is 1. The highest BCUT2D eigenvalue weighted by molar-refractivity contribution is 5.85. The summed E-state index contributed by atoms with van der Waals surface area (Å²) >= 11 is 0. The maximum absolute atomic E-state index is 11.6. The van der Waals surface area contributed by atoms with E-state index in [-0.39, 0.29) is 0 Å². The minimum atomic E-state index is 0.596. The Morgan fingerprint density at radius 2 is 1.95 bits per heavy atom. The van der Waals surface area contributed by atoms with Gasteiger partial charge in [0, 0.05) is 24.5 Å². The van der Waals surface area contributed by atoms with Gasteiger partial charge >= 0.3 is 0 Å². The second-order valence-electron chi connectivity index (χ2n) is 5.20. The maximum Gasteiger partial charge on any atom is 0.219 e. The van der Waals surface area contributed by atoms with Crippen LogP contribution in [-0.4, -0.2) is 40.4 Å². The molecular weight excluding hydrogens is 266 g/mol. The zero-order valence-corrected chi connectivity index (χ0v) is 12.7. The molecule has 0 aliphatic heterocycles. The molecule has 0 aromatic carbocycles. The highest BCUT2D eigenvalue weighted by Gasteiger charge is 2.16. The van der Waals surface area contributed by atoms with Crippen LogP contribution in [0, 0.1) is 13.8 Å². The molecule has 6 heteroatoms. The zero-order valence-electron chi connectivity index (χ0n) is 12.7. The molecule has 0 fully saturated rings. The molecule has 2 aromatic heterocycles. The van der Waals surface area contributed by atoms with Crippen LogP contribution in [0.25, 0.3) is 0 Å². The van der Waals surface area contributed by atoms with Crippen molar-refractivity contribution in [3.05, 3.63) is 41.6 Å². The Bertz CT molecular complexity index is 642. The first kappa shape index (κ1) is 15.1. The zero-order chi connectivity index (χ0) is 15.4. The molecule has 21 heavy (non-hydrogen) atoms. The Morgan fingerprint density at radius 3 is 2.57 bits per heavy atom. The number of rotatable bonds is 5. The van der Waals surface area contributed by atoms with Crippen LogP contribution in [0.3, 0.4) is 0 Å². The van der Waals surface area contributed by atoms with Crippen molar-refractivity contribution in [2.45, 2.75) is 20.4 Å². The van der Waals surface area contributed by atoms with Crippen LogP contribution < -0.4 is 4.90 Å². The highest BCUT2D eigenvalue weighted by Crippen LogP contribution is 2.25. The van der Waals surface area contributed by atoms with Crippen molar-refractivity contribution >= 4 is 17.9 Å². The van der Waals surface area contributed by atoms with E-state index in [1.165, 1.54) is 4.90 Å². The first-order valence-electron chi connectivity index (χ1n) is 6.64. The summed E-state index contributed by atoms with van der Waals surface area (Å²) < 4.78 is 0. The lowest BCUT2D eigenvalue weighted by Crippen LogP contribution is -2.21. The summed E-state index contributed by atoms with van der Waals surface area (Å²) in [4.78, 5) is 27.9. The average molecular weight is 285 g/mol. The fourth-order valence-corrected chi connectivity index (χ4v) is 2.05. The monoisotopic (exact) mass is 285 g/mol. The first-order valence-corrected chi connectivity index (χ1v) is 6.64. The van der Waals surface area contributed by atoms with Crippen molar-refractivity contribution in [1.82, 2.24) is 19.9 Å². The Morgan fingerprint density at radius 1 is 1.19 bits per heavy atom. The van der Waals surface area contributed by atoms with Crippen molar-refractivity contribution in [2.75, 3.05) is 19.0 Å². The van der Waals surface area contributed by atoms with Gasteiger partial charge in [0.05, 0.1) is 11.9 Å². The van der Waals surface area contributed by atoms with Gasteiger partial charge in [-0.2, -0.15) is 0 Å². The van der Waals surface area contributed by atoms with Gasteiger partial charge in [-0.1, -0.05) is 0 Å². The lowest BCUT2D eigenvalue weighted by Gasteiger charge is -2.21. The predicted molar refractivity (Wildman–Crippen MR) is 81.3 cm³/mol. The fourth-order valence-electron chi connectivity index (χ4n) is 2.05. The first-order chi connectivity index (χ1) is 10.0. The molecule has 2 heterocycles. The molecule has 110 valence electrons. The molecule has 0 atom stereocenters. The second-order valence-corrected chi connectivity index (χ2v) is 5.20. The molecule has 2 rings (SSSR count). The average Bonchev–Trinajstić information content (AvgIpc) is 2.42. The molecule has 0 radical (unpaired) electrons. The van der Waals surface area contributed by atoms with Gasteiger partial charge in [0.2, 0.25) is 6.41 Å². The number of anilines is 2. The molecule has 0 N–H and O–H groups in total. The Labute approximate surface area is 124 Å². The van der Waals surface area contributed by atoms with Crippen LogP contribution in [0.2, 0.25) is 0 Å². The van der Waals surface area contributed by atoms with Crippen molar-refractivity contribution in [1.29, 1.82) is 0 Å². The second kappa shape index (κ2) is 6.41. The number of hydrogen-bond acceptors (Lipinski definition) is 5. The highest BCUT2D eigenvalue weighted by atomic mass is 16.1. The topological polar surface area (TPSA) is 62.2 Å². The molecule has 0 spiro atoms. The van der Waals surface area contributed by atoms with Crippen LogP contribution in [-0.2, 0) is 11.3 Å². The van der Waals surface area contributed by atoms with Gasteiger partial charge in [-0.25, -0.2) is 9.97 Å². The molecule has 0 saturated carbocycles. The fraction of sp³-hybridized carbons (Fsp3) is 0.333. The molecule has 6 nitrogen and oxygen atoms in total. The van der Waals surface area contributed by atoms with Gasteiger partial charge < -0.3 is 4.90 Å². The van der Waals surface area contributed by atoms with E-state index in [9.17, 15) is 4.79 Å².